The van der Waals surface area contributed by atoms with Crippen LogP contribution in [0, 0.1) is 5.41 Å². The van der Waals surface area contributed by atoms with E-state index in [0.29, 0.717) is 21.6 Å². The smallest absolute Gasteiger partial charge is 0.186 e. The Morgan fingerprint density at radius 3 is 2.57 bits per heavy atom. The minimum atomic E-state index is -0.551. The first kappa shape index (κ1) is 19.1. The molecule has 1 saturated heterocycles. The molecule has 0 amide bonds. The van der Waals surface area contributed by atoms with Crippen molar-refractivity contribution < 1.29 is 9.53 Å². The summed E-state index contributed by atoms with van der Waals surface area (Å²) in [5.74, 6) is 0.161. The zero-order valence-corrected chi connectivity index (χ0v) is 17.8. The number of aromatic nitrogens is 1. The third kappa shape index (κ3) is 4.27. The SMILES string of the molecule is N=C1S/C(=C\c2ccc(OCc3ccc(Br)cc3)cc2)C(=O)[C@@H]1c1nccs1. The molecule has 0 bridgehead atoms. The Labute approximate surface area is 179 Å². The Bertz CT molecular complexity index is 1030. The fourth-order valence-corrected chi connectivity index (χ4v) is 4.82. The number of rotatable bonds is 5. The van der Waals surface area contributed by atoms with Gasteiger partial charge in [0, 0.05) is 16.0 Å². The fourth-order valence-electron chi connectivity index (χ4n) is 2.75. The van der Waals surface area contributed by atoms with Gasteiger partial charge in [-0.05, 0) is 41.5 Å². The summed E-state index contributed by atoms with van der Waals surface area (Å²) in [5, 5.41) is 11.0. The molecule has 28 heavy (non-hydrogen) atoms. The van der Waals surface area contributed by atoms with Gasteiger partial charge in [0.25, 0.3) is 0 Å². The van der Waals surface area contributed by atoms with Crippen LogP contribution in [0.1, 0.15) is 22.1 Å². The Balaban J connectivity index is 1.43. The summed E-state index contributed by atoms with van der Waals surface area (Å²) < 4.78 is 6.85. The molecule has 4 rings (SSSR count). The van der Waals surface area contributed by atoms with Crippen LogP contribution < -0.4 is 4.74 Å². The maximum absolute atomic E-state index is 12.7. The molecule has 4 nitrogen and oxygen atoms in total. The van der Waals surface area contributed by atoms with Crippen LogP contribution in [0.25, 0.3) is 6.08 Å². The van der Waals surface area contributed by atoms with Gasteiger partial charge in [-0.2, -0.15) is 0 Å². The van der Waals surface area contributed by atoms with E-state index in [0.717, 1.165) is 21.3 Å². The number of allylic oxidation sites excluding steroid dienone is 1. The average Bonchev–Trinajstić information content (AvgIpc) is 3.31. The van der Waals surface area contributed by atoms with Crippen molar-refractivity contribution in [2.24, 2.45) is 0 Å². The molecule has 1 fully saturated rings. The van der Waals surface area contributed by atoms with Gasteiger partial charge in [-0.1, -0.05) is 52.0 Å². The van der Waals surface area contributed by atoms with E-state index in [-0.39, 0.29) is 5.78 Å². The number of nitrogens with zero attached hydrogens (tertiary/aromatic N) is 1. The van der Waals surface area contributed by atoms with E-state index in [1.54, 1.807) is 6.20 Å². The maximum atomic E-state index is 12.7. The molecule has 0 saturated carbocycles. The molecular formula is C21H15BrN2O2S2. The number of benzene rings is 2. The molecule has 0 spiro atoms. The first-order valence-electron chi connectivity index (χ1n) is 8.49. The number of hydrogen-bond donors (Lipinski definition) is 1. The molecule has 0 unspecified atom stereocenters. The van der Waals surface area contributed by atoms with Crippen molar-refractivity contribution in [2.75, 3.05) is 0 Å². The number of ether oxygens (including phenoxy) is 1. The lowest BCUT2D eigenvalue weighted by Gasteiger charge is -2.07. The second kappa shape index (κ2) is 8.43. The van der Waals surface area contributed by atoms with Crippen molar-refractivity contribution in [3.05, 3.63) is 85.6 Å². The first-order valence-corrected chi connectivity index (χ1v) is 11.0. The largest absolute Gasteiger partial charge is 0.489 e. The predicted octanol–water partition coefficient (Wildman–Crippen LogP) is 5.90. The van der Waals surface area contributed by atoms with Crippen molar-refractivity contribution in [2.45, 2.75) is 12.5 Å². The van der Waals surface area contributed by atoms with Crippen LogP contribution in [0.3, 0.4) is 0 Å². The number of carbonyl (C=O) groups excluding carboxylic acids is 1. The lowest BCUT2D eigenvalue weighted by molar-refractivity contribution is -0.114. The van der Waals surface area contributed by atoms with Crippen molar-refractivity contribution >= 4 is 55.9 Å². The van der Waals surface area contributed by atoms with Gasteiger partial charge in [0.15, 0.2) is 5.78 Å². The van der Waals surface area contributed by atoms with E-state index in [9.17, 15) is 4.79 Å². The molecule has 0 aliphatic carbocycles. The lowest BCUT2D eigenvalue weighted by atomic mass is 10.1. The van der Waals surface area contributed by atoms with Crippen LogP contribution in [-0.4, -0.2) is 15.8 Å². The standard InChI is InChI=1S/C21H15BrN2O2S2/c22-15-5-1-14(2-6-15)12-26-16-7-3-13(4-8-16)11-17-19(25)18(20(23)28-17)21-24-9-10-27-21/h1-11,18,23H,12H2/b17-11-,23-20?/t18-/m0/s1. The molecule has 0 radical (unpaired) electrons. The number of hydrogen-bond acceptors (Lipinski definition) is 6. The molecule has 1 aliphatic heterocycles. The quantitative estimate of drug-likeness (QED) is 0.471. The molecule has 3 aromatic rings. The van der Waals surface area contributed by atoms with E-state index in [1.807, 2.05) is 60.0 Å². The van der Waals surface area contributed by atoms with Gasteiger partial charge in [-0.3, -0.25) is 10.2 Å². The Hall–Kier alpha value is -2.22. The minimum absolute atomic E-state index is 0.0551. The van der Waals surface area contributed by atoms with Gasteiger partial charge in [0.05, 0.1) is 9.95 Å². The predicted molar refractivity (Wildman–Crippen MR) is 118 cm³/mol. The number of thioether (sulfide) groups is 1. The van der Waals surface area contributed by atoms with Crippen molar-refractivity contribution in [1.82, 2.24) is 4.98 Å². The molecular weight excluding hydrogens is 456 g/mol. The first-order chi connectivity index (χ1) is 13.6. The third-order valence-electron chi connectivity index (χ3n) is 4.18. The van der Waals surface area contributed by atoms with E-state index < -0.39 is 5.92 Å². The normalized spacial score (nSPS) is 18.0. The summed E-state index contributed by atoms with van der Waals surface area (Å²) in [6.45, 7) is 0.495. The van der Waals surface area contributed by atoms with E-state index >= 15 is 0 Å². The zero-order chi connectivity index (χ0) is 19.5. The lowest BCUT2D eigenvalue weighted by Crippen LogP contribution is -2.11. The molecule has 140 valence electrons. The second-order valence-electron chi connectivity index (χ2n) is 6.13. The summed E-state index contributed by atoms with van der Waals surface area (Å²) in [7, 11) is 0. The summed E-state index contributed by atoms with van der Waals surface area (Å²) in [6.07, 6.45) is 3.49. The highest BCUT2D eigenvalue weighted by molar-refractivity contribution is 9.10. The van der Waals surface area contributed by atoms with Crippen LogP contribution in [-0.2, 0) is 11.4 Å². The van der Waals surface area contributed by atoms with E-state index in [4.69, 9.17) is 10.1 Å². The van der Waals surface area contributed by atoms with Gasteiger partial charge in [-0.15, -0.1) is 11.3 Å². The Kier molecular flexibility index (Phi) is 5.75. The molecule has 1 N–H and O–H groups in total. The zero-order valence-electron chi connectivity index (χ0n) is 14.6. The molecule has 7 heteroatoms. The van der Waals surface area contributed by atoms with Crippen LogP contribution in [0.4, 0.5) is 0 Å². The number of thiazole rings is 1. The Morgan fingerprint density at radius 1 is 1.14 bits per heavy atom. The van der Waals surface area contributed by atoms with Gasteiger partial charge in [0.2, 0.25) is 0 Å². The Morgan fingerprint density at radius 2 is 1.89 bits per heavy atom. The average molecular weight is 471 g/mol. The molecule has 2 heterocycles. The van der Waals surface area contributed by atoms with E-state index in [2.05, 4.69) is 20.9 Å². The topological polar surface area (TPSA) is 63.0 Å². The summed E-state index contributed by atoms with van der Waals surface area (Å²) >= 11 is 6.04. The number of Topliss-reactive ketones (excluding diaryl/α,β-unsaturated/α-hetero) is 1. The van der Waals surface area contributed by atoms with Crippen molar-refractivity contribution in [1.29, 1.82) is 5.41 Å². The summed E-state index contributed by atoms with van der Waals surface area (Å²) in [4.78, 5) is 17.5. The van der Waals surface area contributed by atoms with Crippen LogP contribution in [0.15, 0.2) is 69.5 Å². The van der Waals surface area contributed by atoms with E-state index in [1.165, 1.54) is 23.1 Å². The van der Waals surface area contributed by atoms with Crippen LogP contribution in [0.2, 0.25) is 0 Å². The number of nitrogens with one attached hydrogen (secondary N) is 1. The van der Waals surface area contributed by atoms with Gasteiger partial charge in [0.1, 0.15) is 23.3 Å². The molecule has 1 atom stereocenters. The van der Waals surface area contributed by atoms with Gasteiger partial charge in [-0.25, -0.2) is 4.98 Å². The highest BCUT2D eigenvalue weighted by atomic mass is 79.9. The van der Waals surface area contributed by atoms with Crippen LogP contribution >= 0.6 is 39.0 Å². The fraction of sp³-hybridized carbons (Fsp3) is 0.0952. The highest BCUT2D eigenvalue weighted by Gasteiger charge is 2.38. The molecule has 2 aromatic carbocycles. The summed E-state index contributed by atoms with van der Waals surface area (Å²) in [6, 6.07) is 15.6. The third-order valence-corrected chi connectivity index (χ3v) is 6.55. The molecule has 1 aliphatic rings. The van der Waals surface area contributed by atoms with Gasteiger partial charge < -0.3 is 4.74 Å². The monoisotopic (exact) mass is 470 g/mol. The van der Waals surface area contributed by atoms with Crippen LogP contribution in [0.5, 0.6) is 5.75 Å². The number of halogens is 1. The summed E-state index contributed by atoms with van der Waals surface area (Å²) in [5.41, 5.74) is 1.99. The number of carbonyl (C=O) groups is 1. The minimum Gasteiger partial charge on any atom is -0.489 e. The maximum Gasteiger partial charge on any atom is 0.186 e. The van der Waals surface area contributed by atoms with Gasteiger partial charge >= 0.3 is 0 Å². The molecule has 1 aromatic heterocycles. The number of ketones is 1. The second-order valence-corrected chi connectivity index (χ2v) is 9.05. The van der Waals surface area contributed by atoms with Crippen molar-refractivity contribution in [3.8, 4) is 5.75 Å². The highest BCUT2D eigenvalue weighted by Crippen LogP contribution is 2.41. The van der Waals surface area contributed by atoms with Crippen molar-refractivity contribution in [3.63, 3.8) is 0 Å².